The van der Waals surface area contributed by atoms with Crippen LogP contribution in [-0.4, -0.2) is 24.1 Å². The lowest BCUT2D eigenvalue weighted by atomic mass is 10.3. The van der Waals surface area contributed by atoms with Crippen molar-refractivity contribution >= 4 is 28.9 Å². The Hall–Kier alpha value is -1.04. The average molecular weight is 277 g/mol. The Balaban J connectivity index is 2.24. The first-order valence-corrected chi connectivity index (χ1v) is 5.84. The van der Waals surface area contributed by atoms with Gasteiger partial charge in [0.15, 0.2) is 5.75 Å². The highest BCUT2D eigenvalue weighted by molar-refractivity contribution is 6.37. The molecule has 0 saturated carbocycles. The zero-order valence-electron chi connectivity index (χ0n) is 8.78. The molecular formula is C10H10Cl2N2O3. The molecule has 2 rings (SSSR count). The summed E-state index contributed by atoms with van der Waals surface area (Å²) in [6.07, 6.45) is 0.871. The Morgan fingerprint density at radius 1 is 1.41 bits per heavy atom. The molecular weight excluding hydrogens is 267 g/mol. The predicted molar refractivity (Wildman–Crippen MR) is 65.0 cm³/mol. The summed E-state index contributed by atoms with van der Waals surface area (Å²) in [6.45, 7) is 1.61. The molecule has 17 heavy (non-hydrogen) atoms. The van der Waals surface area contributed by atoms with E-state index in [9.17, 15) is 10.1 Å². The van der Waals surface area contributed by atoms with Crippen molar-refractivity contribution in [2.45, 2.75) is 12.5 Å². The summed E-state index contributed by atoms with van der Waals surface area (Å²) in [5.41, 5.74) is -0.142. The molecule has 0 aromatic heterocycles. The van der Waals surface area contributed by atoms with E-state index in [0.717, 1.165) is 19.5 Å². The van der Waals surface area contributed by atoms with Gasteiger partial charge in [-0.2, -0.15) is 0 Å². The first-order valence-electron chi connectivity index (χ1n) is 5.08. The van der Waals surface area contributed by atoms with Crippen molar-refractivity contribution in [3.8, 4) is 5.75 Å². The van der Waals surface area contributed by atoms with Crippen molar-refractivity contribution < 1.29 is 9.66 Å². The van der Waals surface area contributed by atoms with E-state index in [2.05, 4.69) is 5.32 Å². The lowest BCUT2D eigenvalue weighted by Crippen LogP contribution is -2.19. The maximum absolute atomic E-state index is 10.6. The van der Waals surface area contributed by atoms with E-state index in [0.29, 0.717) is 5.75 Å². The summed E-state index contributed by atoms with van der Waals surface area (Å²) < 4.78 is 5.62. The van der Waals surface area contributed by atoms with E-state index in [1.165, 1.54) is 12.1 Å². The fraction of sp³-hybridized carbons (Fsp3) is 0.400. The van der Waals surface area contributed by atoms with Gasteiger partial charge in [0.1, 0.15) is 6.10 Å². The number of benzene rings is 1. The molecule has 1 aliphatic heterocycles. The van der Waals surface area contributed by atoms with Crippen molar-refractivity contribution in [3.05, 3.63) is 32.3 Å². The monoisotopic (exact) mass is 276 g/mol. The molecule has 1 aromatic rings. The number of hydrogen-bond donors (Lipinski definition) is 1. The lowest BCUT2D eigenvalue weighted by molar-refractivity contribution is -0.384. The van der Waals surface area contributed by atoms with Crippen LogP contribution in [-0.2, 0) is 0 Å². The first kappa shape index (κ1) is 12.4. The molecule has 1 saturated heterocycles. The Bertz CT molecular complexity index is 424. The maximum Gasteiger partial charge on any atom is 0.272 e. The number of non-ortho nitro benzene ring substituents is 1. The number of nitro groups is 1. The molecule has 1 heterocycles. The minimum Gasteiger partial charge on any atom is -0.486 e. The second-order valence-corrected chi connectivity index (χ2v) is 4.54. The Kier molecular flexibility index (Phi) is 3.71. The number of nitrogens with one attached hydrogen (secondary N) is 1. The molecule has 0 radical (unpaired) electrons. The van der Waals surface area contributed by atoms with Gasteiger partial charge in [-0.25, -0.2) is 0 Å². The van der Waals surface area contributed by atoms with E-state index < -0.39 is 4.92 Å². The first-order chi connectivity index (χ1) is 8.08. The normalized spacial score (nSPS) is 19.3. The number of nitrogens with zero attached hydrogens (tertiary/aromatic N) is 1. The fourth-order valence-corrected chi connectivity index (χ4v) is 2.22. The van der Waals surface area contributed by atoms with Crippen molar-refractivity contribution in [1.29, 1.82) is 0 Å². The molecule has 0 spiro atoms. The highest BCUT2D eigenvalue weighted by Crippen LogP contribution is 2.37. The Labute approximate surface area is 108 Å². The van der Waals surface area contributed by atoms with E-state index in [1.54, 1.807) is 0 Å². The third kappa shape index (κ3) is 2.80. The van der Waals surface area contributed by atoms with Gasteiger partial charge in [0.05, 0.1) is 15.0 Å². The fourth-order valence-electron chi connectivity index (χ4n) is 1.66. The van der Waals surface area contributed by atoms with Gasteiger partial charge < -0.3 is 10.1 Å². The molecule has 0 amide bonds. The van der Waals surface area contributed by atoms with Crippen LogP contribution in [0.4, 0.5) is 5.69 Å². The summed E-state index contributed by atoms with van der Waals surface area (Å²) in [5.74, 6) is 0.313. The topological polar surface area (TPSA) is 64.4 Å². The van der Waals surface area contributed by atoms with Gasteiger partial charge >= 0.3 is 0 Å². The summed E-state index contributed by atoms with van der Waals surface area (Å²) in [7, 11) is 0. The molecule has 1 fully saturated rings. The summed E-state index contributed by atoms with van der Waals surface area (Å²) >= 11 is 11.8. The smallest absolute Gasteiger partial charge is 0.272 e. The van der Waals surface area contributed by atoms with Crippen LogP contribution in [0.5, 0.6) is 5.75 Å². The summed E-state index contributed by atoms with van der Waals surface area (Å²) in [4.78, 5) is 10.1. The van der Waals surface area contributed by atoms with Gasteiger partial charge in [0.2, 0.25) is 0 Å². The van der Waals surface area contributed by atoms with Crippen molar-refractivity contribution in [2.24, 2.45) is 0 Å². The van der Waals surface area contributed by atoms with E-state index >= 15 is 0 Å². The van der Waals surface area contributed by atoms with Crippen molar-refractivity contribution in [2.75, 3.05) is 13.1 Å². The molecule has 1 aliphatic rings. The second kappa shape index (κ2) is 5.08. The van der Waals surface area contributed by atoms with E-state index in [1.807, 2.05) is 0 Å². The van der Waals surface area contributed by atoms with Crippen LogP contribution in [0.15, 0.2) is 12.1 Å². The molecule has 1 N–H and O–H groups in total. The predicted octanol–water partition coefficient (Wildman–Crippen LogP) is 2.64. The third-order valence-electron chi connectivity index (χ3n) is 2.49. The maximum atomic E-state index is 10.6. The highest BCUT2D eigenvalue weighted by Gasteiger charge is 2.21. The molecule has 5 nitrogen and oxygen atoms in total. The molecule has 7 heteroatoms. The van der Waals surface area contributed by atoms with Crippen molar-refractivity contribution in [1.82, 2.24) is 5.32 Å². The number of rotatable bonds is 3. The van der Waals surface area contributed by atoms with E-state index in [-0.39, 0.29) is 21.8 Å². The van der Waals surface area contributed by atoms with Crippen LogP contribution in [0.2, 0.25) is 10.0 Å². The van der Waals surface area contributed by atoms with Gasteiger partial charge in [0, 0.05) is 18.7 Å². The highest BCUT2D eigenvalue weighted by atomic mass is 35.5. The molecule has 0 aliphatic carbocycles. The summed E-state index contributed by atoms with van der Waals surface area (Å²) in [6, 6.07) is 2.48. The number of nitro benzene ring substituents is 1. The standard InChI is InChI=1S/C10H10Cl2N2O3/c11-8-3-6(14(15)16)4-9(12)10(8)17-7-1-2-13-5-7/h3-4,7,13H,1-2,5H2/t7-/m1/s1. The van der Waals surface area contributed by atoms with Crippen LogP contribution in [0.3, 0.4) is 0 Å². The van der Waals surface area contributed by atoms with Crippen LogP contribution >= 0.6 is 23.2 Å². The van der Waals surface area contributed by atoms with Gasteiger partial charge in [-0.1, -0.05) is 23.2 Å². The minimum absolute atomic E-state index is 0.00598. The lowest BCUT2D eigenvalue weighted by Gasteiger charge is -2.14. The van der Waals surface area contributed by atoms with Gasteiger partial charge in [-0.05, 0) is 13.0 Å². The molecule has 0 unspecified atom stereocenters. The Morgan fingerprint density at radius 2 is 2.06 bits per heavy atom. The van der Waals surface area contributed by atoms with Crippen molar-refractivity contribution in [3.63, 3.8) is 0 Å². The van der Waals surface area contributed by atoms with Gasteiger partial charge in [-0.3, -0.25) is 10.1 Å². The zero-order chi connectivity index (χ0) is 12.4. The molecule has 1 atom stereocenters. The number of halogens is 2. The summed E-state index contributed by atoms with van der Waals surface area (Å²) in [5, 5.41) is 14.1. The zero-order valence-corrected chi connectivity index (χ0v) is 10.3. The van der Waals surface area contributed by atoms with Crippen LogP contribution in [0, 0.1) is 10.1 Å². The van der Waals surface area contributed by atoms with Crippen LogP contribution < -0.4 is 10.1 Å². The van der Waals surface area contributed by atoms with E-state index in [4.69, 9.17) is 27.9 Å². The molecule has 92 valence electrons. The second-order valence-electron chi connectivity index (χ2n) is 3.73. The number of ether oxygens (including phenoxy) is 1. The quantitative estimate of drug-likeness (QED) is 0.681. The average Bonchev–Trinajstić information content (AvgIpc) is 2.75. The molecule has 1 aromatic carbocycles. The van der Waals surface area contributed by atoms with Crippen LogP contribution in [0.25, 0.3) is 0 Å². The van der Waals surface area contributed by atoms with Crippen LogP contribution in [0.1, 0.15) is 6.42 Å². The largest absolute Gasteiger partial charge is 0.486 e. The minimum atomic E-state index is -0.543. The third-order valence-corrected chi connectivity index (χ3v) is 3.05. The SMILES string of the molecule is O=[N+]([O-])c1cc(Cl)c(O[C@@H]2CCNC2)c(Cl)c1. The molecule has 0 bridgehead atoms. The Morgan fingerprint density at radius 3 is 2.53 bits per heavy atom. The number of hydrogen-bond acceptors (Lipinski definition) is 4. The van der Waals surface area contributed by atoms with Gasteiger partial charge in [-0.15, -0.1) is 0 Å². The van der Waals surface area contributed by atoms with Gasteiger partial charge in [0.25, 0.3) is 5.69 Å².